The van der Waals surface area contributed by atoms with E-state index in [1.165, 1.54) is 0 Å². The first kappa shape index (κ1) is 22.8. The minimum absolute atomic E-state index is 0.0342. The lowest BCUT2D eigenvalue weighted by atomic mass is 9.98. The maximum Gasteiger partial charge on any atom is 0.407 e. The van der Waals surface area contributed by atoms with Crippen LogP contribution < -0.4 is 10.6 Å². The van der Waals surface area contributed by atoms with Gasteiger partial charge in [0.1, 0.15) is 12.6 Å². The Labute approximate surface area is 193 Å². The van der Waals surface area contributed by atoms with Gasteiger partial charge in [-0.3, -0.25) is 9.59 Å². The molecule has 0 aromatic heterocycles. The second-order valence-corrected chi connectivity index (χ2v) is 8.84. The number of ether oxygens (including phenoxy) is 1. The van der Waals surface area contributed by atoms with Crippen molar-refractivity contribution in [2.24, 2.45) is 5.92 Å². The number of carboxylic acids is 1. The summed E-state index contributed by atoms with van der Waals surface area (Å²) in [6.45, 7) is 0.590. The molecule has 4 rings (SSSR count). The van der Waals surface area contributed by atoms with Gasteiger partial charge in [0.05, 0.1) is 0 Å². The minimum Gasteiger partial charge on any atom is -0.481 e. The van der Waals surface area contributed by atoms with E-state index in [2.05, 4.69) is 34.9 Å². The van der Waals surface area contributed by atoms with Gasteiger partial charge in [-0.2, -0.15) is 0 Å². The maximum absolute atomic E-state index is 12.6. The van der Waals surface area contributed by atoms with E-state index in [0.717, 1.165) is 35.1 Å². The number of aliphatic carboxylic acids is 1. The molecule has 0 radical (unpaired) electrons. The summed E-state index contributed by atoms with van der Waals surface area (Å²) < 4.78 is 5.60. The average Bonchev–Trinajstić information content (AvgIpc) is 3.57. The molecule has 0 spiro atoms. The standard InChI is InChI=1S/C26H30N2O5/c29-24(30)11-5-6-14-27-25(31)23(15-17-12-13-17)28-26(32)33-16-22-20-9-3-1-7-18(20)19-8-2-4-10-21(19)22/h1-4,7-10,17,22-23H,5-6,11-16H2,(H,27,31)(H,28,32)(H,29,30)/t23-/m0/s1. The second-order valence-electron chi connectivity index (χ2n) is 8.84. The molecule has 1 saturated carbocycles. The van der Waals surface area contributed by atoms with Crippen LogP contribution in [0.15, 0.2) is 48.5 Å². The fraction of sp³-hybridized carbons (Fsp3) is 0.423. The number of hydrogen-bond acceptors (Lipinski definition) is 4. The molecule has 0 saturated heterocycles. The first-order valence-electron chi connectivity index (χ1n) is 11.6. The Morgan fingerprint density at radius 1 is 0.970 bits per heavy atom. The SMILES string of the molecule is O=C(O)CCCCNC(=O)[C@H](CC1CC1)NC(=O)OCC1c2ccccc2-c2ccccc21. The molecule has 0 aliphatic heterocycles. The van der Waals surface area contributed by atoms with Crippen LogP contribution >= 0.6 is 0 Å². The van der Waals surface area contributed by atoms with Crippen LogP contribution in [0, 0.1) is 5.92 Å². The van der Waals surface area contributed by atoms with Gasteiger partial charge < -0.3 is 20.5 Å². The number of benzene rings is 2. The van der Waals surface area contributed by atoms with Crippen molar-refractivity contribution in [1.29, 1.82) is 0 Å². The normalized spacial score (nSPS) is 15.3. The average molecular weight is 451 g/mol. The van der Waals surface area contributed by atoms with Gasteiger partial charge in [0.15, 0.2) is 0 Å². The second kappa shape index (κ2) is 10.5. The van der Waals surface area contributed by atoms with Crippen LogP contribution in [0.4, 0.5) is 4.79 Å². The summed E-state index contributed by atoms with van der Waals surface area (Å²) in [5.74, 6) is -0.676. The highest BCUT2D eigenvalue weighted by Crippen LogP contribution is 2.44. The number of unbranched alkanes of at least 4 members (excludes halogenated alkanes) is 1. The molecule has 2 aliphatic rings. The van der Waals surface area contributed by atoms with E-state index in [4.69, 9.17) is 9.84 Å². The highest BCUT2D eigenvalue weighted by atomic mass is 16.5. The highest BCUT2D eigenvalue weighted by Gasteiger charge is 2.32. The summed E-state index contributed by atoms with van der Waals surface area (Å²) in [7, 11) is 0. The van der Waals surface area contributed by atoms with Crippen molar-refractivity contribution in [3.8, 4) is 11.1 Å². The fourth-order valence-corrected chi connectivity index (χ4v) is 4.44. The molecule has 174 valence electrons. The smallest absolute Gasteiger partial charge is 0.407 e. The molecular weight excluding hydrogens is 420 g/mol. The summed E-state index contributed by atoms with van der Waals surface area (Å²) in [5, 5.41) is 14.3. The van der Waals surface area contributed by atoms with Crippen molar-refractivity contribution >= 4 is 18.0 Å². The van der Waals surface area contributed by atoms with E-state index >= 15 is 0 Å². The van der Waals surface area contributed by atoms with E-state index in [-0.39, 0.29) is 24.9 Å². The molecule has 7 heteroatoms. The molecule has 2 aliphatic carbocycles. The highest BCUT2D eigenvalue weighted by molar-refractivity contribution is 5.85. The number of carboxylic acid groups (broad SMARTS) is 1. The van der Waals surface area contributed by atoms with E-state index in [1.54, 1.807) is 0 Å². The number of carbonyl (C=O) groups excluding carboxylic acids is 2. The zero-order chi connectivity index (χ0) is 23.2. The Morgan fingerprint density at radius 2 is 1.61 bits per heavy atom. The number of nitrogens with one attached hydrogen (secondary N) is 2. The van der Waals surface area contributed by atoms with Crippen molar-refractivity contribution in [2.75, 3.05) is 13.2 Å². The van der Waals surface area contributed by atoms with Crippen molar-refractivity contribution < 1.29 is 24.2 Å². The van der Waals surface area contributed by atoms with Gasteiger partial charge in [-0.25, -0.2) is 4.79 Å². The number of fused-ring (bicyclic) bond motifs is 3. The van der Waals surface area contributed by atoms with E-state index in [9.17, 15) is 14.4 Å². The predicted octanol–water partition coefficient (Wildman–Crippen LogP) is 4.06. The minimum atomic E-state index is -0.843. The lowest BCUT2D eigenvalue weighted by Gasteiger charge is -2.19. The summed E-state index contributed by atoms with van der Waals surface area (Å²) in [6.07, 6.45) is 3.29. The zero-order valence-corrected chi connectivity index (χ0v) is 18.6. The van der Waals surface area contributed by atoms with Gasteiger partial charge in [-0.15, -0.1) is 0 Å². The quantitative estimate of drug-likeness (QED) is 0.448. The number of amides is 2. The lowest BCUT2D eigenvalue weighted by Crippen LogP contribution is -2.47. The lowest BCUT2D eigenvalue weighted by molar-refractivity contribution is -0.137. The van der Waals surface area contributed by atoms with Gasteiger partial charge in [0.2, 0.25) is 5.91 Å². The summed E-state index contributed by atoms with van der Waals surface area (Å²) in [4.78, 5) is 35.8. The number of carbonyl (C=O) groups is 3. The number of rotatable bonds is 11. The van der Waals surface area contributed by atoms with Gasteiger partial charge in [0, 0.05) is 18.9 Å². The van der Waals surface area contributed by atoms with Crippen molar-refractivity contribution in [1.82, 2.24) is 10.6 Å². The number of alkyl carbamates (subject to hydrolysis) is 1. The monoisotopic (exact) mass is 450 g/mol. The molecule has 0 unspecified atom stereocenters. The number of hydrogen-bond donors (Lipinski definition) is 3. The Kier molecular flexibility index (Phi) is 7.27. The Balaban J connectivity index is 1.31. The van der Waals surface area contributed by atoms with Crippen molar-refractivity contribution in [3.63, 3.8) is 0 Å². The molecule has 2 aromatic carbocycles. The van der Waals surface area contributed by atoms with Crippen LogP contribution in [0.1, 0.15) is 55.6 Å². The largest absolute Gasteiger partial charge is 0.481 e. The Bertz CT molecular complexity index is 972. The van der Waals surface area contributed by atoms with Crippen LogP contribution in [-0.4, -0.2) is 42.3 Å². The molecule has 0 heterocycles. The van der Waals surface area contributed by atoms with E-state index in [0.29, 0.717) is 31.7 Å². The summed E-state index contributed by atoms with van der Waals surface area (Å²) in [5.41, 5.74) is 4.60. The zero-order valence-electron chi connectivity index (χ0n) is 18.6. The molecule has 33 heavy (non-hydrogen) atoms. The van der Waals surface area contributed by atoms with Gasteiger partial charge in [0.25, 0.3) is 0 Å². The van der Waals surface area contributed by atoms with Crippen LogP contribution in [0.5, 0.6) is 0 Å². The van der Waals surface area contributed by atoms with Gasteiger partial charge in [-0.1, -0.05) is 61.4 Å². The molecule has 7 nitrogen and oxygen atoms in total. The topological polar surface area (TPSA) is 105 Å². The fourth-order valence-electron chi connectivity index (χ4n) is 4.44. The van der Waals surface area contributed by atoms with Gasteiger partial charge >= 0.3 is 12.1 Å². The third-order valence-electron chi connectivity index (χ3n) is 6.33. The predicted molar refractivity (Wildman–Crippen MR) is 124 cm³/mol. The molecule has 0 bridgehead atoms. The molecular formula is C26H30N2O5. The van der Waals surface area contributed by atoms with Crippen molar-refractivity contribution in [2.45, 2.75) is 50.5 Å². The summed E-state index contributed by atoms with van der Waals surface area (Å²) in [6, 6.07) is 15.6. The van der Waals surface area contributed by atoms with E-state index < -0.39 is 18.1 Å². The third-order valence-corrected chi connectivity index (χ3v) is 6.33. The van der Waals surface area contributed by atoms with Gasteiger partial charge in [-0.05, 0) is 47.4 Å². The van der Waals surface area contributed by atoms with Crippen LogP contribution in [0.25, 0.3) is 11.1 Å². The first-order valence-corrected chi connectivity index (χ1v) is 11.6. The molecule has 2 amide bonds. The molecule has 3 N–H and O–H groups in total. The van der Waals surface area contributed by atoms with E-state index in [1.807, 2.05) is 24.3 Å². The van der Waals surface area contributed by atoms with Crippen LogP contribution in [-0.2, 0) is 14.3 Å². The van der Waals surface area contributed by atoms with Crippen molar-refractivity contribution in [3.05, 3.63) is 59.7 Å². The first-order chi connectivity index (χ1) is 16.0. The third kappa shape index (κ3) is 5.92. The molecule has 2 aromatic rings. The Morgan fingerprint density at radius 3 is 2.21 bits per heavy atom. The van der Waals surface area contributed by atoms with Crippen LogP contribution in [0.3, 0.4) is 0 Å². The van der Waals surface area contributed by atoms with Crippen LogP contribution in [0.2, 0.25) is 0 Å². The molecule has 1 fully saturated rings. The Hall–Kier alpha value is -3.35. The maximum atomic E-state index is 12.6. The summed E-state index contributed by atoms with van der Waals surface area (Å²) >= 11 is 0. The molecule has 1 atom stereocenters.